The Balaban J connectivity index is 1.76. The molecule has 7 nitrogen and oxygen atoms in total. The van der Waals surface area contributed by atoms with Gasteiger partial charge in [-0.05, 0) is 48.4 Å². The lowest BCUT2D eigenvalue weighted by Gasteiger charge is -2.25. The predicted octanol–water partition coefficient (Wildman–Crippen LogP) is 4.38. The quantitative estimate of drug-likeness (QED) is 0.328. The van der Waals surface area contributed by atoms with Crippen molar-refractivity contribution in [3.05, 3.63) is 131 Å². The first-order chi connectivity index (χ1) is 18.9. The number of carbonyl (C=O) groups is 2. The summed E-state index contributed by atoms with van der Waals surface area (Å²) in [6, 6.07) is 22.4. The van der Waals surface area contributed by atoms with E-state index in [0.29, 0.717) is 31.2 Å². The molecule has 1 aliphatic heterocycles. The van der Waals surface area contributed by atoms with E-state index in [0.717, 1.165) is 11.1 Å². The number of ether oxygens (including phenoxy) is 2. The van der Waals surface area contributed by atoms with E-state index in [-0.39, 0.29) is 17.7 Å². The van der Waals surface area contributed by atoms with Crippen molar-refractivity contribution in [3.8, 4) is 0 Å². The van der Waals surface area contributed by atoms with Gasteiger partial charge in [0.1, 0.15) is 0 Å². The van der Waals surface area contributed by atoms with E-state index < -0.39 is 18.0 Å². The van der Waals surface area contributed by atoms with Gasteiger partial charge in [-0.2, -0.15) is 0 Å². The molecule has 196 valence electrons. The summed E-state index contributed by atoms with van der Waals surface area (Å²) < 4.78 is 12.2. The summed E-state index contributed by atoms with van der Waals surface area (Å²) in [5.41, 5.74) is 2.98. The number of nitrogens with zero attached hydrogens (tertiary/aromatic N) is 2. The lowest BCUT2D eigenvalue weighted by Crippen LogP contribution is -2.40. The van der Waals surface area contributed by atoms with Crippen molar-refractivity contribution >= 4 is 46.6 Å². The minimum absolute atomic E-state index is 0.170. The fraction of sp³-hybridized carbons (Fsp3) is 0.133. The first-order valence-corrected chi connectivity index (χ1v) is 13.3. The second-order valence-corrected chi connectivity index (χ2v) is 10.0. The first kappa shape index (κ1) is 26.3. The molecule has 9 heteroatoms. The Labute approximate surface area is 232 Å². The molecule has 2 heterocycles. The van der Waals surface area contributed by atoms with Gasteiger partial charge in [-0.1, -0.05) is 77.5 Å². The van der Waals surface area contributed by atoms with Crippen LogP contribution in [0.15, 0.2) is 94.2 Å². The van der Waals surface area contributed by atoms with Crippen LogP contribution in [0.25, 0.3) is 11.8 Å². The van der Waals surface area contributed by atoms with Crippen molar-refractivity contribution < 1.29 is 19.1 Å². The molecule has 3 aromatic carbocycles. The van der Waals surface area contributed by atoms with Gasteiger partial charge < -0.3 is 9.47 Å². The standard InChI is InChI=1S/C30H23ClN2O5S/c1-3-38-29(36)24-25(19-7-5-4-6-8-19)32-30-33(26(24)20-13-15-22(31)16-14-20)27(34)23(39-30)17-18-9-11-21(12-10-18)28(35)37-2/h4-17,26H,3H2,1-2H3/b23-17-/t26-/m0/s1. The Morgan fingerprint density at radius 3 is 2.33 bits per heavy atom. The molecule has 0 saturated heterocycles. The van der Waals surface area contributed by atoms with Crippen LogP contribution >= 0.6 is 22.9 Å². The van der Waals surface area contributed by atoms with Crippen molar-refractivity contribution in [2.45, 2.75) is 13.0 Å². The maximum absolute atomic E-state index is 13.9. The van der Waals surface area contributed by atoms with Gasteiger partial charge in [0.25, 0.3) is 5.56 Å². The Morgan fingerprint density at radius 1 is 1.00 bits per heavy atom. The van der Waals surface area contributed by atoms with E-state index in [1.807, 2.05) is 30.3 Å². The molecule has 0 saturated carbocycles. The van der Waals surface area contributed by atoms with E-state index in [4.69, 9.17) is 26.1 Å². The second-order valence-electron chi connectivity index (χ2n) is 8.60. The highest BCUT2D eigenvalue weighted by Gasteiger charge is 2.35. The lowest BCUT2D eigenvalue weighted by atomic mass is 9.93. The number of fused-ring (bicyclic) bond motifs is 1. The van der Waals surface area contributed by atoms with Crippen molar-refractivity contribution in [2.24, 2.45) is 4.99 Å². The zero-order valence-electron chi connectivity index (χ0n) is 21.1. The summed E-state index contributed by atoms with van der Waals surface area (Å²) in [4.78, 5) is 44.4. The van der Waals surface area contributed by atoms with Gasteiger partial charge in [-0.25, -0.2) is 14.6 Å². The number of esters is 2. The minimum atomic E-state index is -0.781. The SMILES string of the molecule is CCOC(=O)C1=C(c2ccccc2)N=c2s/c(=C\c3ccc(C(=O)OC)cc3)c(=O)n2[C@H]1c1ccc(Cl)cc1. The van der Waals surface area contributed by atoms with Crippen LogP contribution in [0.2, 0.25) is 5.02 Å². The average molecular weight is 559 g/mol. The smallest absolute Gasteiger partial charge is 0.338 e. The molecule has 1 aliphatic rings. The van der Waals surface area contributed by atoms with Crippen LogP contribution in [-0.2, 0) is 14.3 Å². The van der Waals surface area contributed by atoms with Crippen LogP contribution in [0.5, 0.6) is 0 Å². The fourth-order valence-corrected chi connectivity index (χ4v) is 5.51. The van der Waals surface area contributed by atoms with Crippen molar-refractivity contribution in [1.82, 2.24) is 4.57 Å². The van der Waals surface area contributed by atoms with E-state index >= 15 is 0 Å². The summed E-state index contributed by atoms with van der Waals surface area (Å²) in [6.45, 7) is 1.91. The molecule has 4 aromatic rings. The van der Waals surface area contributed by atoms with Crippen LogP contribution in [0.4, 0.5) is 0 Å². The molecule has 0 unspecified atom stereocenters. The highest BCUT2D eigenvalue weighted by molar-refractivity contribution is 7.07. The topological polar surface area (TPSA) is 87.0 Å². The van der Waals surface area contributed by atoms with Gasteiger partial charge in [0.15, 0.2) is 4.80 Å². The maximum atomic E-state index is 13.9. The number of hydrogen-bond acceptors (Lipinski definition) is 7. The zero-order chi connectivity index (χ0) is 27.5. The number of benzene rings is 3. The molecule has 0 radical (unpaired) electrons. The van der Waals surface area contributed by atoms with Crippen molar-refractivity contribution in [1.29, 1.82) is 0 Å². The van der Waals surface area contributed by atoms with Crippen LogP contribution < -0.4 is 14.9 Å². The molecule has 0 fully saturated rings. The van der Waals surface area contributed by atoms with E-state index in [9.17, 15) is 14.4 Å². The third-order valence-corrected chi connectivity index (χ3v) is 7.42. The summed E-state index contributed by atoms with van der Waals surface area (Å²) in [6.07, 6.45) is 1.74. The zero-order valence-corrected chi connectivity index (χ0v) is 22.7. The Kier molecular flexibility index (Phi) is 7.58. The number of hydrogen-bond donors (Lipinski definition) is 0. The number of methoxy groups -OCH3 is 1. The van der Waals surface area contributed by atoms with Crippen molar-refractivity contribution in [2.75, 3.05) is 13.7 Å². The molecule has 0 bridgehead atoms. The van der Waals surface area contributed by atoms with Crippen molar-refractivity contribution in [3.63, 3.8) is 0 Å². The van der Waals surface area contributed by atoms with Gasteiger partial charge in [0.2, 0.25) is 0 Å². The van der Waals surface area contributed by atoms with E-state index in [1.165, 1.54) is 23.0 Å². The Bertz CT molecular complexity index is 1760. The number of rotatable bonds is 6. The molecule has 5 rings (SSSR count). The predicted molar refractivity (Wildman–Crippen MR) is 150 cm³/mol. The maximum Gasteiger partial charge on any atom is 0.338 e. The Hall–Kier alpha value is -4.27. The molecule has 39 heavy (non-hydrogen) atoms. The normalized spacial score (nSPS) is 14.9. The van der Waals surface area contributed by atoms with Gasteiger partial charge in [-0.3, -0.25) is 9.36 Å². The average Bonchev–Trinajstić information content (AvgIpc) is 3.27. The van der Waals surface area contributed by atoms with Gasteiger partial charge in [0.05, 0.1) is 41.1 Å². The summed E-state index contributed by atoms with van der Waals surface area (Å²) in [7, 11) is 1.32. The highest BCUT2D eigenvalue weighted by Crippen LogP contribution is 2.35. The summed E-state index contributed by atoms with van der Waals surface area (Å²) >= 11 is 7.39. The second kappa shape index (κ2) is 11.2. The number of thiazole rings is 1. The van der Waals surface area contributed by atoms with E-state index in [1.54, 1.807) is 61.5 Å². The van der Waals surface area contributed by atoms with Crippen LogP contribution in [0.1, 0.15) is 40.0 Å². The monoisotopic (exact) mass is 558 g/mol. The van der Waals surface area contributed by atoms with Gasteiger partial charge in [-0.15, -0.1) is 0 Å². The molecule has 0 N–H and O–H groups in total. The lowest BCUT2D eigenvalue weighted by molar-refractivity contribution is -0.138. The third kappa shape index (κ3) is 5.21. The van der Waals surface area contributed by atoms with Crippen LogP contribution in [0.3, 0.4) is 0 Å². The molecule has 0 aliphatic carbocycles. The molecule has 1 atom stereocenters. The highest BCUT2D eigenvalue weighted by atomic mass is 35.5. The van der Waals surface area contributed by atoms with Crippen LogP contribution in [-0.4, -0.2) is 30.2 Å². The fourth-order valence-electron chi connectivity index (χ4n) is 4.39. The molecular weight excluding hydrogens is 536 g/mol. The van der Waals surface area contributed by atoms with Gasteiger partial charge >= 0.3 is 11.9 Å². The number of aromatic nitrogens is 1. The first-order valence-electron chi connectivity index (χ1n) is 12.1. The third-order valence-electron chi connectivity index (χ3n) is 6.19. The summed E-state index contributed by atoms with van der Waals surface area (Å²) in [5, 5.41) is 0.534. The number of carbonyl (C=O) groups excluding carboxylic acids is 2. The summed E-state index contributed by atoms with van der Waals surface area (Å²) in [5.74, 6) is -0.989. The van der Waals surface area contributed by atoms with Crippen LogP contribution in [0, 0.1) is 0 Å². The van der Waals surface area contributed by atoms with E-state index in [2.05, 4.69) is 0 Å². The molecule has 1 aromatic heterocycles. The molecule has 0 amide bonds. The largest absolute Gasteiger partial charge is 0.465 e. The number of halogens is 1. The van der Waals surface area contributed by atoms with Gasteiger partial charge in [0, 0.05) is 10.6 Å². The molecule has 0 spiro atoms. The molecular formula is C30H23ClN2O5S. The minimum Gasteiger partial charge on any atom is -0.465 e. The Morgan fingerprint density at radius 2 is 1.69 bits per heavy atom.